The minimum absolute atomic E-state index is 0.284. The summed E-state index contributed by atoms with van der Waals surface area (Å²) < 4.78 is 34.5. The van der Waals surface area contributed by atoms with Gasteiger partial charge in [-0.25, -0.2) is 13.1 Å². The highest BCUT2D eigenvalue weighted by atomic mass is 79.9. The molecule has 0 saturated heterocycles. The zero-order valence-corrected chi connectivity index (χ0v) is 19.6. The van der Waals surface area contributed by atoms with Crippen LogP contribution < -0.4 is 4.72 Å². The fraction of sp³-hybridized carbons (Fsp3) is 0.667. The van der Waals surface area contributed by atoms with E-state index in [-0.39, 0.29) is 4.90 Å². The van der Waals surface area contributed by atoms with Crippen molar-refractivity contribution in [1.29, 1.82) is 0 Å². The SMILES string of the molecule is CC(C)[Si](OCCCNS(=O)(=O)c1ccc(Br)cc1)(C(C)C)C(C)C. The van der Waals surface area contributed by atoms with Crippen LogP contribution >= 0.6 is 15.9 Å². The van der Waals surface area contributed by atoms with Gasteiger partial charge in [-0.1, -0.05) is 57.5 Å². The third kappa shape index (κ3) is 5.89. The topological polar surface area (TPSA) is 55.4 Å². The summed E-state index contributed by atoms with van der Waals surface area (Å²) in [7, 11) is -5.33. The molecule has 144 valence electrons. The molecule has 0 spiro atoms. The molecule has 0 radical (unpaired) electrons. The highest BCUT2D eigenvalue weighted by molar-refractivity contribution is 9.10. The van der Waals surface area contributed by atoms with Crippen LogP contribution in [0.4, 0.5) is 0 Å². The highest BCUT2D eigenvalue weighted by Gasteiger charge is 2.44. The molecule has 0 aliphatic heterocycles. The van der Waals surface area contributed by atoms with Crippen molar-refractivity contribution in [2.45, 2.75) is 69.5 Å². The molecule has 1 aromatic rings. The van der Waals surface area contributed by atoms with E-state index in [9.17, 15) is 8.42 Å². The van der Waals surface area contributed by atoms with Crippen molar-refractivity contribution in [2.75, 3.05) is 13.2 Å². The van der Waals surface area contributed by atoms with E-state index in [4.69, 9.17) is 4.43 Å². The van der Waals surface area contributed by atoms with Gasteiger partial charge in [-0.15, -0.1) is 0 Å². The first-order valence-electron chi connectivity index (χ1n) is 8.93. The monoisotopic (exact) mass is 449 g/mol. The van der Waals surface area contributed by atoms with E-state index in [2.05, 4.69) is 62.2 Å². The van der Waals surface area contributed by atoms with Gasteiger partial charge in [0.05, 0.1) is 4.90 Å². The van der Waals surface area contributed by atoms with E-state index in [1.54, 1.807) is 24.3 Å². The van der Waals surface area contributed by atoms with Crippen LogP contribution in [0.15, 0.2) is 33.6 Å². The standard InChI is InChI=1S/C18H32BrNO3SSi/c1-14(2)25(15(3)4,16(5)6)23-13-7-12-20-24(21,22)18-10-8-17(19)9-11-18/h8-11,14-16,20H,7,12-13H2,1-6H3. The second kappa shape index (κ2) is 9.64. The molecule has 0 amide bonds. The summed E-state index contributed by atoms with van der Waals surface area (Å²) in [5.74, 6) is 0. The lowest BCUT2D eigenvalue weighted by Gasteiger charge is -2.42. The molecule has 0 aliphatic carbocycles. The minimum Gasteiger partial charge on any atom is -0.416 e. The maximum Gasteiger partial charge on any atom is 0.240 e. The van der Waals surface area contributed by atoms with E-state index >= 15 is 0 Å². The summed E-state index contributed by atoms with van der Waals surface area (Å²) in [4.78, 5) is 0.284. The number of benzene rings is 1. The molecule has 0 aliphatic rings. The number of hydrogen-bond acceptors (Lipinski definition) is 3. The molecule has 0 saturated carbocycles. The summed E-state index contributed by atoms with van der Waals surface area (Å²) >= 11 is 3.31. The van der Waals surface area contributed by atoms with Gasteiger partial charge in [0.15, 0.2) is 8.32 Å². The van der Waals surface area contributed by atoms with Gasteiger partial charge in [0.1, 0.15) is 0 Å². The van der Waals surface area contributed by atoms with Gasteiger partial charge >= 0.3 is 0 Å². The average Bonchev–Trinajstić information content (AvgIpc) is 2.50. The van der Waals surface area contributed by atoms with Crippen molar-refractivity contribution in [3.8, 4) is 0 Å². The molecule has 1 rings (SSSR count). The lowest BCUT2D eigenvalue weighted by molar-refractivity contribution is 0.273. The Morgan fingerprint density at radius 3 is 1.92 bits per heavy atom. The largest absolute Gasteiger partial charge is 0.416 e. The molecular formula is C18H32BrNO3SSi. The van der Waals surface area contributed by atoms with Crippen LogP contribution in [0.1, 0.15) is 48.0 Å². The maximum atomic E-state index is 12.3. The molecule has 0 heterocycles. The van der Waals surface area contributed by atoms with Gasteiger partial charge in [-0.3, -0.25) is 0 Å². The molecule has 0 aromatic heterocycles. The first-order valence-corrected chi connectivity index (χ1v) is 13.3. The number of rotatable bonds is 10. The zero-order chi connectivity index (χ0) is 19.3. The average molecular weight is 451 g/mol. The summed E-state index contributed by atoms with van der Waals surface area (Å²) in [6, 6.07) is 6.64. The predicted octanol–water partition coefficient (Wildman–Crippen LogP) is 5.31. The van der Waals surface area contributed by atoms with Crippen LogP contribution in [-0.2, 0) is 14.4 Å². The Morgan fingerprint density at radius 1 is 1.00 bits per heavy atom. The fourth-order valence-electron chi connectivity index (χ4n) is 3.72. The Kier molecular flexibility index (Phi) is 8.81. The van der Waals surface area contributed by atoms with Gasteiger partial charge < -0.3 is 4.43 Å². The van der Waals surface area contributed by atoms with Crippen LogP contribution in [0.3, 0.4) is 0 Å². The normalized spacial score (nSPS) is 13.2. The lowest BCUT2D eigenvalue weighted by Crippen LogP contribution is -2.48. The lowest BCUT2D eigenvalue weighted by atomic mass is 10.4. The molecule has 25 heavy (non-hydrogen) atoms. The molecule has 1 N–H and O–H groups in total. The Bertz CT molecular complexity index is 608. The maximum absolute atomic E-state index is 12.3. The number of hydrogen-bond donors (Lipinski definition) is 1. The third-order valence-electron chi connectivity index (χ3n) is 4.80. The van der Waals surface area contributed by atoms with Crippen molar-refractivity contribution in [2.24, 2.45) is 0 Å². The number of sulfonamides is 1. The van der Waals surface area contributed by atoms with Gasteiger partial charge in [-0.05, 0) is 47.3 Å². The first kappa shape index (κ1) is 22.8. The molecule has 0 atom stereocenters. The second-order valence-corrected chi connectivity index (χ2v) is 15.5. The van der Waals surface area contributed by atoms with Gasteiger partial charge in [0.25, 0.3) is 0 Å². The zero-order valence-electron chi connectivity index (χ0n) is 16.2. The Labute approximate surface area is 163 Å². The quantitative estimate of drug-likeness (QED) is 0.388. The molecule has 0 bridgehead atoms. The van der Waals surface area contributed by atoms with Crippen molar-refractivity contribution < 1.29 is 12.8 Å². The van der Waals surface area contributed by atoms with Crippen molar-refractivity contribution >= 4 is 34.3 Å². The summed E-state index contributed by atoms with van der Waals surface area (Å²) in [6.45, 7) is 14.5. The molecule has 1 aromatic carbocycles. The van der Waals surface area contributed by atoms with E-state index in [0.717, 1.165) is 4.47 Å². The van der Waals surface area contributed by atoms with E-state index < -0.39 is 18.3 Å². The highest BCUT2D eigenvalue weighted by Crippen LogP contribution is 2.42. The van der Waals surface area contributed by atoms with Crippen LogP contribution in [0.25, 0.3) is 0 Å². The fourth-order valence-corrected chi connectivity index (χ4v) is 10.6. The molecule has 7 heteroatoms. The van der Waals surface area contributed by atoms with Crippen molar-refractivity contribution in [3.63, 3.8) is 0 Å². The van der Waals surface area contributed by atoms with Crippen LogP contribution in [0.2, 0.25) is 16.6 Å². The van der Waals surface area contributed by atoms with Crippen LogP contribution in [0.5, 0.6) is 0 Å². The van der Waals surface area contributed by atoms with E-state index in [1.807, 2.05) is 0 Å². The minimum atomic E-state index is -3.46. The van der Waals surface area contributed by atoms with Gasteiger partial charge in [-0.2, -0.15) is 0 Å². The summed E-state index contributed by atoms with van der Waals surface area (Å²) in [5.41, 5.74) is 1.60. The number of nitrogens with one attached hydrogen (secondary N) is 1. The van der Waals surface area contributed by atoms with Crippen molar-refractivity contribution in [1.82, 2.24) is 4.72 Å². The molecular weight excluding hydrogens is 418 g/mol. The Morgan fingerprint density at radius 2 is 1.48 bits per heavy atom. The smallest absolute Gasteiger partial charge is 0.240 e. The Hall–Kier alpha value is -0.213. The summed E-state index contributed by atoms with van der Waals surface area (Å²) in [5, 5.41) is 0. The van der Waals surface area contributed by atoms with Crippen molar-refractivity contribution in [3.05, 3.63) is 28.7 Å². The van der Waals surface area contributed by atoms with E-state index in [0.29, 0.717) is 36.2 Å². The molecule has 4 nitrogen and oxygen atoms in total. The predicted molar refractivity (Wildman–Crippen MR) is 111 cm³/mol. The molecule has 0 unspecified atom stereocenters. The Balaban J connectivity index is 2.58. The van der Waals surface area contributed by atoms with Gasteiger partial charge in [0, 0.05) is 17.6 Å². The van der Waals surface area contributed by atoms with Crippen LogP contribution in [-0.4, -0.2) is 29.9 Å². The second-order valence-electron chi connectivity index (χ2n) is 7.37. The van der Waals surface area contributed by atoms with Crippen LogP contribution in [0, 0.1) is 0 Å². The third-order valence-corrected chi connectivity index (χ3v) is 12.9. The summed E-state index contributed by atoms with van der Waals surface area (Å²) in [6.07, 6.45) is 0.677. The molecule has 0 fully saturated rings. The van der Waals surface area contributed by atoms with E-state index in [1.165, 1.54) is 0 Å². The number of halogens is 1. The first-order chi connectivity index (χ1) is 11.5. The van der Waals surface area contributed by atoms with Gasteiger partial charge in [0.2, 0.25) is 10.0 Å².